The van der Waals surface area contributed by atoms with Gasteiger partial charge in [0.2, 0.25) is 0 Å². The van der Waals surface area contributed by atoms with Crippen molar-refractivity contribution < 1.29 is 14.5 Å². The Kier molecular flexibility index (Phi) is 5.25. The van der Waals surface area contributed by atoms with E-state index in [0.717, 1.165) is 0 Å². The molecule has 1 aromatic carbocycles. The second-order valence-corrected chi connectivity index (χ2v) is 4.30. The van der Waals surface area contributed by atoms with Crippen LogP contribution in [0.25, 0.3) is 0 Å². The number of nitrogen functional groups attached to an aromatic ring is 1. The first-order valence-corrected chi connectivity index (χ1v) is 5.76. The summed E-state index contributed by atoms with van der Waals surface area (Å²) in [5, 5.41) is 13.3. The van der Waals surface area contributed by atoms with Crippen molar-refractivity contribution in [1.82, 2.24) is 5.32 Å². The van der Waals surface area contributed by atoms with Crippen LogP contribution < -0.4 is 11.1 Å². The molecule has 0 saturated heterocycles. The predicted octanol–water partition coefficient (Wildman–Crippen LogP) is 1.19. The van der Waals surface area contributed by atoms with Gasteiger partial charge in [-0.05, 0) is 12.0 Å². The van der Waals surface area contributed by atoms with Gasteiger partial charge in [-0.1, -0.05) is 6.92 Å². The van der Waals surface area contributed by atoms with E-state index in [0.29, 0.717) is 13.2 Å². The molecule has 7 nitrogen and oxygen atoms in total. The molecule has 1 aromatic rings. The van der Waals surface area contributed by atoms with E-state index in [2.05, 4.69) is 5.32 Å². The maximum absolute atomic E-state index is 11.9. The lowest BCUT2D eigenvalue weighted by Crippen LogP contribution is -2.30. The van der Waals surface area contributed by atoms with E-state index >= 15 is 0 Å². The minimum atomic E-state index is -0.566. The van der Waals surface area contributed by atoms with Crippen molar-refractivity contribution in [2.24, 2.45) is 5.92 Å². The summed E-state index contributed by atoms with van der Waals surface area (Å²) >= 11 is 0. The lowest BCUT2D eigenvalue weighted by molar-refractivity contribution is -0.384. The first-order valence-electron chi connectivity index (χ1n) is 5.76. The second kappa shape index (κ2) is 6.69. The molecule has 19 heavy (non-hydrogen) atoms. The molecule has 1 rings (SSSR count). The van der Waals surface area contributed by atoms with Crippen molar-refractivity contribution in [2.75, 3.05) is 26.0 Å². The Morgan fingerprint density at radius 1 is 1.58 bits per heavy atom. The van der Waals surface area contributed by atoms with Gasteiger partial charge in [0.1, 0.15) is 0 Å². The van der Waals surface area contributed by atoms with Crippen LogP contribution in [-0.4, -0.2) is 31.1 Å². The van der Waals surface area contributed by atoms with E-state index in [4.69, 9.17) is 10.5 Å². The molecule has 7 heteroatoms. The van der Waals surface area contributed by atoms with Crippen LogP contribution in [0.4, 0.5) is 11.4 Å². The van der Waals surface area contributed by atoms with Gasteiger partial charge in [-0.3, -0.25) is 14.9 Å². The van der Waals surface area contributed by atoms with E-state index in [1.54, 1.807) is 7.11 Å². The molecule has 0 bridgehead atoms. The van der Waals surface area contributed by atoms with Crippen LogP contribution >= 0.6 is 0 Å². The van der Waals surface area contributed by atoms with E-state index < -0.39 is 10.8 Å². The quantitative estimate of drug-likeness (QED) is 0.457. The molecule has 0 fully saturated rings. The normalized spacial score (nSPS) is 11.9. The molecule has 0 spiro atoms. The van der Waals surface area contributed by atoms with Crippen molar-refractivity contribution >= 4 is 17.3 Å². The summed E-state index contributed by atoms with van der Waals surface area (Å²) in [6, 6.07) is 3.79. The first kappa shape index (κ1) is 14.9. The highest BCUT2D eigenvalue weighted by Crippen LogP contribution is 2.19. The molecule has 0 aliphatic rings. The highest BCUT2D eigenvalue weighted by molar-refractivity contribution is 5.99. The topological polar surface area (TPSA) is 107 Å². The van der Waals surface area contributed by atoms with Gasteiger partial charge in [-0.25, -0.2) is 0 Å². The van der Waals surface area contributed by atoms with Crippen molar-refractivity contribution in [1.29, 1.82) is 0 Å². The number of nitrogens with one attached hydrogen (secondary N) is 1. The van der Waals surface area contributed by atoms with Crippen LogP contribution in [0.3, 0.4) is 0 Å². The number of nitrogens with zero attached hydrogens (tertiary/aromatic N) is 1. The lowest BCUT2D eigenvalue weighted by Gasteiger charge is -2.12. The number of methoxy groups -OCH3 is 1. The number of ether oxygens (including phenoxy) is 1. The van der Waals surface area contributed by atoms with Crippen molar-refractivity contribution in [3.05, 3.63) is 33.9 Å². The number of benzene rings is 1. The van der Waals surface area contributed by atoms with Crippen LogP contribution in [0.1, 0.15) is 17.3 Å². The zero-order valence-electron chi connectivity index (χ0n) is 10.9. The largest absolute Gasteiger partial charge is 0.398 e. The summed E-state index contributed by atoms with van der Waals surface area (Å²) in [4.78, 5) is 22.0. The number of anilines is 1. The fourth-order valence-corrected chi connectivity index (χ4v) is 1.56. The number of carbonyl (C=O) groups is 1. The van der Waals surface area contributed by atoms with Crippen molar-refractivity contribution in [2.45, 2.75) is 6.92 Å². The Morgan fingerprint density at radius 2 is 2.26 bits per heavy atom. The summed E-state index contributed by atoms with van der Waals surface area (Å²) in [5.74, 6) is -0.280. The maximum Gasteiger partial charge on any atom is 0.270 e. The van der Waals surface area contributed by atoms with Crippen molar-refractivity contribution in [3.63, 3.8) is 0 Å². The van der Waals surface area contributed by atoms with Gasteiger partial charge in [0.25, 0.3) is 11.6 Å². The van der Waals surface area contributed by atoms with Gasteiger partial charge in [-0.15, -0.1) is 0 Å². The lowest BCUT2D eigenvalue weighted by atomic mass is 10.1. The van der Waals surface area contributed by atoms with Gasteiger partial charge in [0.05, 0.1) is 17.1 Å². The Hall–Kier alpha value is -2.15. The number of amides is 1. The second-order valence-electron chi connectivity index (χ2n) is 4.30. The average Bonchev–Trinajstić information content (AvgIpc) is 2.36. The molecule has 0 aliphatic heterocycles. The van der Waals surface area contributed by atoms with Crippen LogP contribution in [-0.2, 0) is 4.74 Å². The molecule has 1 unspecified atom stereocenters. The standard InChI is InChI=1S/C12H17N3O4/c1-8(7-19-2)6-14-12(16)10-5-9(15(17)18)3-4-11(10)13/h3-5,8H,6-7,13H2,1-2H3,(H,14,16). The number of rotatable bonds is 6. The van der Waals surface area contributed by atoms with Crippen LogP contribution in [0.2, 0.25) is 0 Å². The summed E-state index contributed by atoms with van der Waals surface area (Å²) < 4.78 is 4.95. The third-order valence-electron chi connectivity index (χ3n) is 2.55. The molecule has 0 radical (unpaired) electrons. The molecule has 1 atom stereocenters. The number of hydrogen-bond acceptors (Lipinski definition) is 5. The zero-order chi connectivity index (χ0) is 14.4. The Balaban J connectivity index is 2.76. The fraction of sp³-hybridized carbons (Fsp3) is 0.417. The minimum Gasteiger partial charge on any atom is -0.398 e. The number of nitro groups is 1. The third-order valence-corrected chi connectivity index (χ3v) is 2.55. The van der Waals surface area contributed by atoms with Gasteiger partial charge in [0.15, 0.2) is 0 Å². The highest BCUT2D eigenvalue weighted by Gasteiger charge is 2.15. The third kappa shape index (κ3) is 4.22. The molecule has 0 saturated carbocycles. The molecule has 1 amide bonds. The zero-order valence-corrected chi connectivity index (χ0v) is 10.9. The molecular weight excluding hydrogens is 250 g/mol. The average molecular weight is 267 g/mol. The molecule has 104 valence electrons. The first-order chi connectivity index (χ1) is 8.95. The number of carbonyl (C=O) groups excluding carboxylic acids is 1. The van der Waals surface area contributed by atoms with Gasteiger partial charge < -0.3 is 15.8 Å². The highest BCUT2D eigenvalue weighted by atomic mass is 16.6. The Morgan fingerprint density at radius 3 is 2.84 bits per heavy atom. The van der Waals surface area contributed by atoms with Crippen LogP contribution in [0.5, 0.6) is 0 Å². The number of nitrogens with two attached hydrogens (primary N) is 1. The smallest absolute Gasteiger partial charge is 0.270 e. The molecule has 0 aromatic heterocycles. The maximum atomic E-state index is 11.9. The molecular formula is C12H17N3O4. The summed E-state index contributed by atoms with van der Waals surface area (Å²) in [6.45, 7) is 2.85. The van der Waals surface area contributed by atoms with E-state index in [1.807, 2.05) is 6.92 Å². The monoisotopic (exact) mass is 267 g/mol. The number of hydrogen-bond donors (Lipinski definition) is 2. The molecule has 0 heterocycles. The van der Waals surface area contributed by atoms with Crippen LogP contribution in [0, 0.1) is 16.0 Å². The Labute approximate surface area is 110 Å². The van der Waals surface area contributed by atoms with Gasteiger partial charge in [0, 0.05) is 31.5 Å². The summed E-state index contributed by atoms with van der Waals surface area (Å²) in [6.07, 6.45) is 0. The Bertz CT molecular complexity index is 476. The predicted molar refractivity (Wildman–Crippen MR) is 70.9 cm³/mol. The summed E-state index contributed by atoms with van der Waals surface area (Å²) in [7, 11) is 1.58. The van der Waals surface area contributed by atoms with Crippen molar-refractivity contribution in [3.8, 4) is 0 Å². The van der Waals surface area contributed by atoms with E-state index in [-0.39, 0.29) is 22.9 Å². The molecule has 0 aliphatic carbocycles. The number of nitro benzene ring substituents is 1. The summed E-state index contributed by atoms with van der Waals surface area (Å²) in [5.41, 5.74) is 5.81. The minimum absolute atomic E-state index is 0.110. The van der Waals surface area contributed by atoms with E-state index in [1.165, 1.54) is 18.2 Å². The number of non-ortho nitro benzene ring substituents is 1. The SMILES string of the molecule is COCC(C)CNC(=O)c1cc([N+](=O)[O-])ccc1N. The molecule has 3 N–H and O–H groups in total. The van der Waals surface area contributed by atoms with Gasteiger partial charge >= 0.3 is 0 Å². The van der Waals surface area contributed by atoms with Gasteiger partial charge in [-0.2, -0.15) is 0 Å². The van der Waals surface area contributed by atoms with Crippen LogP contribution in [0.15, 0.2) is 18.2 Å². The van der Waals surface area contributed by atoms with E-state index in [9.17, 15) is 14.9 Å². The fourth-order valence-electron chi connectivity index (χ4n) is 1.56.